The molecule has 20 heteroatoms. The molecule has 564 valence electrons. The van der Waals surface area contributed by atoms with Crippen LogP contribution in [0.5, 0.6) is 57.5 Å². The fourth-order valence-corrected chi connectivity index (χ4v) is 10.8. The van der Waals surface area contributed by atoms with Gasteiger partial charge in [0.05, 0.1) is 0 Å². The number of nitrogens with one attached hydrogen (secondary N) is 2. The lowest BCUT2D eigenvalue weighted by atomic mass is 10.1. The van der Waals surface area contributed by atoms with E-state index >= 15 is 0 Å². The van der Waals surface area contributed by atoms with Crippen LogP contribution in [0.3, 0.4) is 0 Å². The van der Waals surface area contributed by atoms with Crippen molar-refractivity contribution < 1.29 is 76.4 Å². The maximum Gasteiger partial charge on any atom is 0.328 e. The molecule has 0 aliphatic carbocycles. The van der Waals surface area contributed by atoms with Crippen LogP contribution in [0, 0.1) is 5.92 Å². The van der Waals surface area contributed by atoms with Crippen molar-refractivity contribution in [3.05, 3.63) is 207 Å². The smallest absolute Gasteiger partial charge is 0.328 e. The van der Waals surface area contributed by atoms with E-state index < -0.39 is 5.97 Å². The Morgan fingerprint density at radius 2 is 0.708 bits per heavy atom. The molecule has 0 bridgehead atoms. The number of hydrogen-bond donors (Lipinski definition) is 3. The van der Waals surface area contributed by atoms with Crippen molar-refractivity contribution in [3.63, 3.8) is 0 Å². The van der Waals surface area contributed by atoms with Gasteiger partial charge in [-0.25, -0.2) is 4.79 Å². The van der Waals surface area contributed by atoms with Crippen LogP contribution < -0.4 is 58.0 Å². The van der Waals surface area contributed by atoms with Gasteiger partial charge in [0.25, 0.3) is 0 Å². The normalized spacial score (nSPS) is 14.6. The number of carbonyl (C=O) groups is 5. The van der Waals surface area contributed by atoms with Crippen molar-refractivity contribution in [1.82, 2.24) is 20.4 Å². The lowest BCUT2D eigenvalue weighted by molar-refractivity contribution is -0.131. The molecule has 6 heterocycles. The molecule has 6 aliphatic rings. The Bertz CT molecular complexity index is 3990. The molecule has 0 unspecified atom stereocenters. The number of ether oxygens (including phenoxy) is 10. The Kier molecular flexibility index (Phi) is 34.5. The number of rotatable bonds is 27. The summed E-state index contributed by atoms with van der Waals surface area (Å²) in [4.78, 5) is 61.6. The van der Waals surface area contributed by atoms with E-state index in [1.54, 1.807) is 35.3 Å². The lowest BCUT2D eigenvalue weighted by Crippen LogP contribution is -2.28. The Morgan fingerprint density at radius 1 is 0.406 bits per heavy atom. The van der Waals surface area contributed by atoms with E-state index in [4.69, 9.17) is 52.5 Å². The zero-order chi connectivity index (χ0) is 76.0. The molecule has 0 atom stereocenters. The Balaban J connectivity index is 0.000000185. The van der Waals surface area contributed by atoms with E-state index in [0.717, 1.165) is 210 Å². The molecule has 106 heavy (non-hydrogen) atoms. The van der Waals surface area contributed by atoms with Crippen molar-refractivity contribution >= 4 is 60.0 Å². The number of hydrogen-bond acceptors (Lipinski definition) is 15. The van der Waals surface area contributed by atoms with E-state index in [-0.39, 0.29) is 57.6 Å². The highest BCUT2D eigenvalue weighted by molar-refractivity contribution is 5.90. The van der Waals surface area contributed by atoms with Crippen LogP contribution in [0.4, 0.5) is 0 Å². The molecule has 11 rings (SSSR count). The number of unbranched alkanes of at least 4 members (excludes halogenated alkanes) is 1. The second kappa shape index (κ2) is 44.5. The summed E-state index contributed by atoms with van der Waals surface area (Å²) in [7, 11) is 0. The fraction of sp³-hybridized carbons (Fsp3) is 0.360. The molecule has 5 aromatic rings. The Hall–Kier alpha value is -11.2. The molecule has 5 aromatic carbocycles. The summed E-state index contributed by atoms with van der Waals surface area (Å²) in [6, 6.07) is 29.1. The van der Waals surface area contributed by atoms with Gasteiger partial charge in [-0.2, -0.15) is 0 Å². The highest BCUT2D eigenvalue weighted by atomic mass is 16.7. The first kappa shape index (κ1) is 82.1. The third-order valence-electron chi connectivity index (χ3n) is 17.0. The fourth-order valence-electron chi connectivity index (χ4n) is 10.8. The van der Waals surface area contributed by atoms with Gasteiger partial charge in [0.1, 0.15) is 0 Å². The SMILES string of the molecule is CCC(/C=C/C(=O)N(CC)CC)=C\c1ccc2c(c1)OCO2.CCC(/C=C/C(=O)N1CCCC1)=C\c1ccc2c(c1)OCO2.CCC(/C=C/C(=O)NCC(C)C)=C\c1ccc2c(c1)OCO2.CCC(/C=C/C(=O)O)=C\c1ccc2c(c1)OCO2.CCCCNC(=O)/C=C/C(=C/c1ccc2c(c1)OCO2)CC. The van der Waals surface area contributed by atoms with Gasteiger partial charge in [-0.05, 0) is 187 Å². The van der Waals surface area contributed by atoms with Crippen LogP contribution in [-0.2, 0) is 24.0 Å². The lowest BCUT2D eigenvalue weighted by Gasteiger charge is -2.15. The quantitative estimate of drug-likeness (QED) is 0.0252. The molecule has 0 radical (unpaired) electrons. The van der Waals surface area contributed by atoms with E-state index in [0.29, 0.717) is 12.5 Å². The molecule has 1 fully saturated rings. The minimum Gasteiger partial charge on any atom is -0.478 e. The van der Waals surface area contributed by atoms with Gasteiger partial charge in [-0.1, -0.05) is 153 Å². The van der Waals surface area contributed by atoms with Gasteiger partial charge < -0.3 is 72.9 Å². The van der Waals surface area contributed by atoms with Crippen LogP contribution in [0.1, 0.15) is 155 Å². The van der Waals surface area contributed by atoms with Gasteiger partial charge in [-0.3, -0.25) is 19.2 Å². The van der Waals surface area contributed by atoms with Crippen molar-refractivity contribution in [2.24, 2.45) is 5.92 Å². The highest BCUT2D eigenvalue weighted by Gasteiger charge is 2.19. The summed E-state index contributed by atoms with van der Waals surface area (Å²) in [6.45, 7) is 26.5. The van der Waals surface area contributed by atoms with Gasteiger partial charge in [0.15, 0.2) is 57.5 Å². The number of nitrogens with zero attached hydrogens (tertiary/aromatic N) is 2. The number of aliphatic carboxylic acids is 1. The third kappa shape index (κ3) is 27.8. The number of benzene rings is 5. The monoisotopic (exact) mass is 1450 g/mol. The summed E-state index contributed by atoms with van der Waals surface area (Å²) in [5.74, 6) is 7.24. The maximum atomic E-state index is 12.0. The van der Waals surface area contributed by atoms with Crippen molar-refractivity contribution in [2.75, 3.05) is 73.2 Å². The summed E-state index contributed by atoms with van der Waals surface area (Å²) in [5, 5.41) is 14.3. The van der Waals surface area contributed by atoms with Crippen LogP contribution in [0.2, 0.25) is 0 Å². The highest BCUT2D eigenvalue weighted by Crippen LogP contribution is 2.38. The molecular weight excluding hydrogens is 1340 g/mol. The average molecular weight is 1450 g/mol. The van der Waals surface area contributed by atoms with Crippen molar-refractivity contribution in [1.29, 1.82) is 0 Å². The van der Waals surface area contributed by atoms with Gasteiger partial charge in [-0.15, -0.1) is 0 Å². The maximum absolute atomic E-state index is 12.0. The van der Waals surface area contributed by atoms with E-state index in [9.17, 15) is 24.0 Å². The first-order valence-electron chi connectivity index (χ1n) is 36.7. The van der Waals surface area contributed by atoms with Crippen molar-refractivity contribution in [2.45, 2.75) is 127 Å². The first-order valence-corrected chi connectivity index (χ1v) is 36.7. The minimum atomic E-state index is -0.944. The second-order valence-electron chi connectivity index (χ2n) is 25.3. The number of fused-ring (bicyclic) bond motifs is 5. The number of likely N-dealkylation sites (tertiary alicyclic amines) is 1. The number of carbonyl (C=O) groups excluding carboxylic acids is 4. The van der Waals surface area contributed by atoms with Gasteiger partial charge in [0.2, 0.25) is 57.6 Å². The van der Waals surface area contributed by atoms with Crippen LogP contribution in [0.15, 0.2) is 180 Å². The average Bonchev–Trinajstić information content (AvgIpc) is 1.74. The molecular formula is C86H104N4O16. The van der Waals surface area contributed by atoms with Crippen LogP contribution in [-0.4, -0.2) is 118 Å². The van der Waals surface area contributed by atoms with Gasteiger partial charge in [0, 0.05) is 69.6 Å². The van der Waals surface area contributed by atoms with Gasteiger partial charge >= 0.3 is 5.97 Å². The summed E-state index contributed by atoms with van der Waals surface area (Å²) in [5.41, 5.74) is 10.5. The number of carboxylic acid groups (broad SMARTS) is 1. The molecule has 1 saturated heterocycles. The standard InChI is InChI=1S/C18H21NO3.3C18H23NO3.C14H14O4/c1-2-14(6-8-18(20)19-9-3-4-10-19)11-15-5-7-16-17(12-15)22-13-21-16;1-4-14(6-8-18(20)19-11-13(2)3)9-15-5-7-16-17(10-15)22-12-21-16;1-4-14(8-10-18(20)19(5-2)6-3)11-15-7-9-16-17(12-15)22-13-21-16;1-3-5-10-19-18(20)9-7-14(4-2)11-15-6-8-16-17(12-15)22-13-21-16;1-2-10(4-6-14(15)16)7-11-3-5-12-13(8-11)18-9-17-12/h5-8,11-12H,2-4,9-10,13H2,1H3;5-10,13H,4,11-12H2,1-3H3,(H,19,20);7-12H,4-6,13H2,1-3H3;6-9,11-12H,3-5,10,13H2,1-2H3,(H,19,20);3-8H,2,9H2,1H3,(H,15,16)/b8-6+,14-11+;8-6+,14-9+;10-8+,14-11+;9-7+,14-11+;6-4+,10-7+. The molecule has 0 aromatic heterocycles. The molecule has 20 nitrogen and oxygen atoms in total. The summed E-state index contributed by atoms with van der Waals surface area (Å²) in [6.07, 6.45) is 35.5. The first-order chi connectivity index (χ1) is 51.4. The Morgan fingerprint density at radius 3 is 1.01 bits per heavy atom. The number of carboxylic acids is 1. The predicted molar refractivity (Wildman–Crippen MR) is 417 cm³/mol. The van der Waals surface area contributed by atoms with E-state index in [1.807, 2.05) is 153 Å². The molecule has 6 aliphatic heterocycles. The number of allylic oxidation sites excluding steroid dienone is 10. The molecule has 0 saturated carbocycles. The van der Waals surface area contributed by atoms with Crippen LogP contribution in [0.25, 0.3) is 30.4 Å². The number of amides is 4. The van der Waals surface area contributed by atoms with Crippen molar-refractivity contribution in [3.8, 4) is 57.5 Å². The number of likely N-dealkylation sites (N-methyl/N-ethyl adjacent to an activating group) is 1. The third-order valence-corrected chi connectivity index (χ3v) is 17.0. The predicted octanol–water partition coefficient (Wildman–Crippen LogP) is 17.1. The molecule has 0 spiro atoms. The second-order valence-corrected chi connectivity index (χ2v) is 25.3. The summed E-state index contributed by atoms with van der Waals surface area (Å²) < 4.78 is 53.3. The minimum absolute atomic E-state index is 0.0431. The topological polar surface area (TPSA) is 228 Å². The molecule has 3 N–H and O–H groups in total. The largest absolute Gasteiger partial charge is 0.478 e. The zero-order valence-corrected chi connectivity index (χ0v) is 63.0. The molecule has 4 amide bonds. The zero-order valence-electron chi connectivity index (χ0n) is 63.0. The van der Waals surface area contributed by atoms with E-state index in [2.05, 4.69) is 77.3 Å². The summed E-state index contributed by atoms with van der Waals surface area (Å²) >= 11 is 0. The van der Waals surface area contributed by atoms with Crippen LogP contribution >= 0.6 is 0 Å². The Labute approximate surface area is 625 Å². The van der Waals surface area contributed by atoms with E-state index in [1.165, 1.54) is 0 Å².